The van der Waals surface area contributed by atoms with E-state index in [4.69, 9.17) is 9.47 Å². The minimum atomic E-state index is 0.596. The number of rotatable bonds is 5. The molecule has 3 heteroatoms. The van der Waals surface area contributed by atoms with E-state index in [-0.39, 0.29) is 0 Å². The SMILES string of the molecule is CC/C=C(/OC)c1ccc2cccc(-c3ccc(OC)cc3C#N)c2c1. The standard InChI is InChI=1S/C23H21NO2/c1-4-6-23(26-3)17-10-9-16-7-5-8-21(22(16)14-17)20-12-11-19(25-2)13-18(20)15-24/h5-14H,4H2,1-3H3/b23-6+. The Kier molecular flexibility index (Phi) is 5.24. The van der Waals surface area contributed by atoms with Crippen molar-refractivity contribution in [1.82, 2.24) is 0 Å². The second kappa shape index (κ2) is 7.76. The lowest BCUT2D eigenvalue weighted by Crippen LogP contribution is -1.91. The highest BCUT2D eigenvalue weighted by Gasteiger charge is 2.11. The van der Waals surface area contributed by atoms with Crippen molar-refractivity contribution >= 4 is 16.5 Å². The zero-order valence-corrected chi connectivity index (χ0v) is 15.2. The van der Waals surface area contributed by atoms with Crippen LogP contribution in [-0.4, -0.2) is 14.2 Å². The Balaban J connectivity index is 2.24. The molecule has 3 rings (SSSR count). The summed E-state index contributed by atoms with van der Waals surface area (Å²) in [6.07, 6.45) is 2.97. The van der Waals surface area contributed by atoms with Gasteiger partial charge in [0.15, 0.2) is 0 Å². The second-order valence-electron chi connectivity index (χ2n) is 5.95. The van der Waals surface area contributed by atoms with E-state index in [1.807, 2.05) is 24.3 Å². The molecule has 26 heavy (non-hydrogen) atoms. The molecule has 0 aliphatic heterocycles. The number of methoxy groups -OCH3 is 2. The van der Waals surface area contributed by atoms with Gasteiger partial charge in [0.25, 0.3) is 0 Å². The van der Waals surface area contributed by atoms with Gasteiger partial charge in [0, 0.05) is 11.1 Å². The highest BCUT2D eigenvalue weighted by molar-refractivity contribution is 5.99. The molecule has 0 fully saturated rings. The Bertz CT molecular complexity index is 1010. The van der Waals surface area contributed by atoms with Gasteiger partial charge in [-0.15, -0.1) is 0 Å². The summed E-state index contributed by atoms with van der Waals surface area (Å²) in [6.45, 7) is 2.09. The van der Waals surface area contributed by atoms with Gasteiger partial charge >= 0.3 is 0 Å². The fourth-order valence-corrected chi connectivity index (χ4v) is 3.14. The first kappa shape index (κ1) is 17.6. The molecule has 0 saturated carbocycles. The average Bonchev–Trinajstić information content (AvgIpc) is 2.70. The molecule has 0 spiro atoms. The van der Waals surface area contributed by atoms with Gasteiger partial charge in [-0.05, 0) is 53.1 Å². The zero-order chi connectivity index (χ0) is 18.5. The molecular formula is C23H21NO2. The van der Waals surface area contributed by atoms with Crippen molar-refractivity contribution < 1.29 is 9.47 Å². The molecule has 0 aromatic heterocycles. The van der Waals surface area contributed by atoms with E-state index in [0.717, 1.165) is 39.6 Å². The predicted octanol–water partition coefficient (Wildman–Crippen LogP) is 5.78. The third-order valence-electron chi connectivity index (χ3n) is 4.41. The molecule has 0 saturated heterocycles. The van der Waals surface area contributed by atoms with E-state index >= 15 is 0 Å². The van der Waals surface area contributed by atoms with E-state index < -0.39 is 0 Å². The lowest BCUT2D eigenvalue weighted by atomic mass is 9.93. The minimum Gasteiger partial charge on any atom is -0.497 e. The normalized spacial score (nSPS) is 11.2. The zero-order valence-electron chi connectivity index (χ0n) is 15.2. The molecule has 0 aliphatic carbocycles. The van der Waals surface area contributed by atoms with Crippen molar-refractivity contribution in [1.29, 1.82) is 5.26 Å². The first-order valence-electron chi connectivity index (χ1n) is 8.57. The fourth-order valence-electron chi connectivity index (χ4n) is 3.14. The van der Waals surface area contributed by atoms with E-state index in [2.05, 4.69) is 43.3 Å². The quantitative estimate of drug-likeness (QED) is 0.551. The van der Waals surface area contributed by atoms with Crippen LogP contribution in [0.1, 0.15) is 24.5 Å². The lowest BCUT2D eigenvalue weighted by Gasteiger charge is -2.12. The summed E-state index contributed by atoms with van der Waals surface area (Å²) < 4.78 is 10.8. The number of fused-ring (bicyclic) bond motifs is 1. The maximum Gasteiger partial charge on any atom is 0.122 e. The maximum absolute atomic E-state index is 9.59. The molecule has 0 bridgehead atoms. The van der Waals surface area contributed by atoms with Crippen LogP contribution < -0.4 is 4.74 Å². The van der Waals surface area contributed by atoms with Gasteiger partial charge in [-0.3, -0.25) is 0 Å². The van der Waals surface area contributed by atoms with E-state index in [1.165, 1.54) is 0 Å². The molecule has 0 N–H and O–H groups in total. The Hall–Kier alpha value is -3.25. The molecule has 0 radical (unpaired) electrons. The molecule has 0 aliphatic rings. The van der Waals surface area contributed by atoms with Crippen LogP contribution in [0.4, 0.5) is 0 Å². The molecule has 3 nitrogen and oxygen atoms in total. The number of nitriles is 1. The molecular weight excluding hydrogens is 322 g/mol. The van der Waals surface area contributed by atoms with E-state index in [9.17, 15) is 5.26 Å². The first-order chi connectivity index (χ1) is 12.7. The third kappa shape index (κ3) is 3.27. The van der Waals surface area contributed by atoms with Crippen LogP contribution in [0.2, 0.25) is 0 Å². The van der Waals surface area contributed by atoms with Crippen LogP contribution in [0, 0.1) is 11.3 Å². The molecule has 130 valence electrons. The van der Waals surface area contributed by atoms with Gasteiger partial charge < -0.3 is 9.47 Å². The number of ether oxygens (including phenoxy) is 2. The van der Waals surface area contributed by atoms with Crippen LogP contribution in [0.5, 0.6) is 5.75 Å². The van der Waals surface area contributed by atoms with Gasteiger partial charge in [-0.1, -0.05) is 37.3 Å². The third-order valence-corrected chi connectivity index (χ3v) is 4.41. The van der Waals surface area contributed by atoms with Crippen LogP contribution in [0.15, 0.2) is 60.7 Å². The largest absolute Gasteiger partial charge is 0.497 e. The molecule has 3 aromatic carbocycles. The summed E-state index contributed by atoms with van der Waals surface area (Å²) in [4.78, 5) is 0. The van der Waals surface area contributed by atoms with Gasteiger partial charge in [-0.2, -0.15) is 5.26 Å². The molecule has 0 atom stereocenters. The lowest BCUT2D eigenvalue weighted by molar-refractivity contribution is 0.369. The number of allylic oxidation sites excluding steroid dienone is 1. The summed E-state index contributed by atoms with van der Waals surface area (Å²) in [5.41, 5.74) is 3.55. The Morgan fingerprint density at radius 3 is 2.58 bits per heavy atom. The summed E-state index contributed by atoms with van der Waals surface area (Å²) in [6, 6.07) is 20.3. The first-order valence-corrected chi connectivity index (χ1v) is 8.57. The van der Waals surface area contributed by atoms with Gasteiger partial charge in [0.1, 0.15) is 11.5 Å². The Labute approximate surface area is 154 Å². The van der Waals surface area contributed by atoms with Gasteiger partial charge in [0.2, 0.25) is 0 Å². The van der Waals surface area contributed by atoms with Crippen LogP contribution in [0.3, 0.4) is 0 Å². The van der Waals surface area contributed by atoms with Gasteiger partial charge in [-0.25, -0.2) is 0 Å². The Morgan fingerprint density at radius 2 is 1.88 bits per heavy atom. The second-order valence-corrected chi connectivity index (χ2v) is 5.95. The summed E-state index contributed by atoms with van der Waals surface area (Å²) in [7, 11) is 3.29. The Morgan fingerprint density at radius 1 is 1.04 bits per heavy atom. The topological polar surface area (TPSA) is 42.2 Å². The van der Waals surface area contributed by atoms with Crippen molar-refractivity contribution in [2.45, 2.75) is 13.3 Å². The van der Waals surface area contributed by atoms with Crippen molar-refractivity contribution in [3.8, 4) is 22.9 Å². The highest BCUT2D eigenvalue weighted by atomic mass is 16.5. The van der Waals surface area contributed by atoms with E-state index in [0.29, 0.717) is 11.3 Å². The number of hydrogen-bond acceptors (Lipinski definition) is 3. The van der Waals surface area contributed by atoms with E-state index in [1.54, 1.807) is 20.3 Å². The van der Waals surface area contributed by atoms with Crippen molar-refractivity contribution in [3.63, 3.8) is 0 Å². The average molecular weight is 343 g/mol. The summed E-state index contributed by atoms with van der Waals surface area (Å²) in [5.74, 6) is 1.54. The highest BCUT2D eigenvalue weighted by Crippen LogP contribution is 2.34. The fraction of sp³-hybridized carbons (Fsp3) is 0.174. The number of benzene rings is 3. The molecule has 0 amide bonds. The van der Waals surface area contributed by atoms with Crippen LogP contribution in [0.25, 0.3) is 27.7 Å². The predicted molar refractivity (Wildman–Crippen MR) is 106 cm³/mol. The maximum atomic E-state index is 9.59. The summed E-state index contributed by atoms with van der Waals surface area (Å²) >= 11 is 0. The van der Waals surface area contributed by atoms with Crippen LogP contribution in [-0.2, 0) is 4.74 Å². The van der Waals surface area contributed by atoms with Crippen LogP contribution >= 0.6 is 0 Å². The monoisotopic (exact) mass is 343 g/mol. The molecule has 3 aromatic rings. The molecule has 0 unspecified atom stereocenters. The number of nitrogens with zero attached hydrogens (tertiary/aromatic N) is 1. The van der Waals surface area contributed by atoms with Crippen molar-refractivity contribution in [3.05, 3.63) is 71.8 Å². The molecule has 0 heterocycles. The summed E-state index contributed by atoms with van der Waals surface area (Å²) in [5, 5.41) is 11.8. The van der Waals surface area contributed by atoms with Gasteiger partial charge in [0.05, 0.1) is 25.9 Å². The smallest absolute Gasteiger partial charge is 0.122 e. The van der Waals surface area contributed by atoms with Crippen molar-refractivity contribution in [2.75, 3.05) is 14.2 Å². The van der Waals surface area contributed by atoms with Crippen molar-refractivity contribution in [2.24, 2.45) is 0 Å². The number of hydrogen-bond donors (Lipinski definition) is 0. The minimum absolute atomic E-state index is 0.596.